The first-order valence-electron chi connectivity index (χ1n) is 8.23. The largest absolute Gasteiger partial charge is 0.394 e. The summed E-state index contributed by atoms with van der Waals surface area (Å²) in [6, 6.07) is 7.95. The molecule has 3 rings (SSSR count). The molecule has 1 aliphatic rings. The van der Waals surface area contributed by atoms with Gasteiger partial charge in [0.2, 0.25) is 0 Å². The number of nitrogens with one attached hydrogen (secondary N) is 1. The second kappa shape index (κ2) is 6.54. The number of hydrogen-bond donors (Lipinski definition) is 2. The van der Waals surface area contributed by atoms with Crippen LogP contribution in [0.5, 0.6) is 0 Å². The van der Waals surface area contributed by atoms with E-state index in [-0.39, 0.29) is 18.6 Å². The molecule has 5 nitrogen and oxygen atoms in total. The van der Waals surface area contributed by atoms with Gasteiger partial charge in [0, 0.05) is 11.3 Å². The van der Waals surface area contributed by atoms with Gasteiger partial charge in [-0.15, -0.1) is 0 Å². The van der Waals surface area contributed by atoms with E-state index in [1.807, 2.05) is 23.7 Å². The molecule has 2 N–H and O–H groups in total. The molecule has 23 heavy (non-hydrogen) atoms. The molecule has 0 saturated carbocycles. The van der Waals surface area contributed by atoms with Gasteiger partial charge in [0.25, 0.3) is 5.91 Å². The van der Waals surface area contributed by atoms with Crippen molar-refractivity contribution >= 4 is 5.91 Å². The van der Waals surface area contributed by atoms with Crippen molar-refractivity contribution in [2.75, 3.05) is 6.61 Å². The fraction of sp³-hybridized carbons (Fsp3) is 0.444. The standard InChI is InChI=1S/C18H23N3O2/c1-3-13(11-22)19-18(23)17-15-5-4-6-16(15)21(20-17)14-9-7-12(2)8-10-14/h7-10,13,22H,3-6,11H2,1-2H3,(H,19,23). The molecule has 0 saturated heterocycles. The molecular formula is C18H23N3O2. The van der Waals surface area contributed by atoms with Crippen LogP contribution in [0.2, 0.25) is 0 Å². The number of benzene rings is 1. The number of hydrogen-bond acceptors (Lipinski definition) is 3. The summed E-state index contributed by atoms with van der Waals surface area (Å²) in [5, 5.41) is 16.7. The molecular weight excluding hydrogens is 290 g/mol. The summed E-state index contributed by atoms with van der Waals surface area (Å²) in [6.07, 6.45) is 3.58. The molecule has 122 valence electrons. The average Bonchev–Trinajstić information content (AvgIpc) is 3.15. The van der Waals surface area contributed by atoms with Crippen molar-refractivity contribution in [2.45, 2.75) is 45.6 Å². The van der Waals surface area contributed by atoms with Crippen LogP contribution < -0.4 is 5.32 Å². The molecule has 1 aromatic carbocycles. The van der Waals surface area contributed by atoms with Crippen LogP contribution in [0.3, 0.4) is 0 Å². The highest BCUT2D eigenvalue weighted by molar-refractivity contribution is 5.94. The average molecular weight is 313 g/mol. The number of amides is 1. The summed E-state index contributed by atoms with van der Waals surface area (Å²) in [5.74, 6) is -0.185. The molecule has 2 aromatic rings. The van der Waals surface area contributed by atoms with Gasteiger partial charge in [-0.05, 0) is 44.7 Å². The van der Waals surface area contributed by atoms with Crippen LogP contribution in [-0.4, -0.2) is 33.4 Å². The zero-order valence-electron chi connectivity index (χ0n) is 13.7. The lowest BCUT2D eigenvalue weighted by Crippen LogP contribution is -2.37. The minimum Gasteiger partial charge on any atom is -0.394 e. The van der Waals surface area contributed by atoms with Crippen molar-refractivity contribution in [1.82, 2.24) is 15.1 Å². The minimum atomic E-state index is -0.218. The Bertz CT molecular complexity index is 700. The van der Waals surface area contributed by atoms with Crippen molar-refractivity contribution in [2.24, 2.45) is 0 Å². The van der Waals surface area contributed by atoms with Crippen LogP contribution in [0, 0.1) is 6.92 Å². The van der Waals surface area contributed by atoms with Gasteiger partial charge in [-0.3, -0.25) is 4.79 Å². The maximum Gasteiger partial charge on any atom is 0.272 e. The number of aliphatic hydroxyl groups excluding tert-OH is 1. The van der Waals surface area contributed by atoms with Gasteiger partial charge in [-0.1, -0.05) is 24.6 Å². The predicted octanol–water partition coefficient (Wildman–Crippen LogP) is 2.17. The second-order valence-electron chi connectivity index (χ2n) is 6.14. The normalized spacial score (nSPS) is 14.6. The molecule has 1 heterocycles. The van der Waals surface area contributed by atoms with Crippen LogP contribution >= 0.6 is 0 Å². The van der Waals surface area contributed by atoms with E-state index in [0.717, 1.165) is 36.2 Å². The number of fused-ring (bicyclic) bond motifs is 1. The first-order valence-corrected chi connectivity index (χ1v) is 8.23. The molecule has 0 aliphatic heterocycles. The Kier molecular flexibility index (Phi) is 4.48. The summed E-state index contributed by atoms with van der Waals surface area (Å²) < 4.78 is 1.90. The molecule has 1 unspecified atom stereocenters. The van der Waals surface area contributed by atoms with Crippen LogP contribution in [0.25, 0.3) is 5.69 Å². The lowest BCUT2D eigenvalue weighted by Gasteiger charge is -2.13. The maximum absolute atomic E-state index is 12.5. The third-order valence-electron chi connectivity index (χ3n) is 4.47. The summed E-state index contributed by atoms with van der Waals surface area (Å²) >= 11 is 0. The van der Waals surface area contributed by atoms with E-state index >= 15 is 0 Å². The predicted molar refractivity (Wildman–Crippen MR) is 89.0 cm³/mol. The zero-order chi connectivity index (χ0) is 16.4. The Balaban J connectivity index is 1.95. The number of carbonyl (C=O) groups is 1. The number of nitrogens with zero attached hydrogens (tertiary/aromatic N) is 2. The zero-order valence-corrected chi connectivity index (χ0v) is 13.7. The molecule has 0 fully saturated rings. The van der Waals surface area contributed by atoms with Crippen molar-refractivity contribution in [3.63, 3.8) is 0 Å². The van der Waals surface area contributed by atoms with Gasteiger partial charge in [0.15, 0.2) is 5.69 Å². The van der Waals surface area contributed by atoms with Crippen LogP contribution in [0.4, 0.5) is 0 Å². The highest BCUT2D eigenvalue weighted by atomic mass is 16.3. The summed E-state index contributed by atoms with van der Waals surface area (Å²) in [7, 11) is 0. The quantitative estimate of drug-likeness (QED) is 0.889. The molecule has 1 aliphatic carbocycles. The Labute approximate surface area is 136 Å². The number of aromatic nitrogens is 2. The van der Waals surface area contributed by atoms with Gasteiger partial charge in [0.1, 0.15) is 0 Å². The second-order valence-corrected chi connectivity index (χ2v) is 6.14. The number of aryl methyl sites for hydroxylation is 1. The molecule has 1 atom stereocenters. The van der Waals surface area contributed by atoms with E-state index in [1.165, 1.54) is 5.56 Å². The van der Waals surface area contributed by atoms with Crippen LogP contribution in [0.15, 0.2) is 24.3 Å². The molecule has 1 aromatic heterocycles. The van der Waals surface area contributed by atoms with E-state index in [9.17, 15) is 9.90 Å². The molecule has 0 spiro atoms. The van der Waals surface area contributed by atoms with Crippen molar-refractivity contribution < 1.29 is 9.90 Å². The summed E-state index contributed by atoms with van der Waals surface area (Å²) in [6.45, 7) is 3.94. The topological polar surface area (TPSA) is 67.2 Å². The maximum atomic E-state index is 12.5. The first-order chi connectivity index (χ1) is 11.1. The first kappa shape index (κ1) is 15.7. The number of carbonyl (C=O) groups excluding carboxylic acids is 1. The van der Waals surface area contributed by atoms with E-state index < -0.39 is 0 Å². The number of rotatable bonds is 5. The molecule has 0 bridgehead atoms. The van der Waals surface area contributed by atoms with E-state index in [1.54, 1.807) is 0 Å². The van der Waals surface area contributed by atoms with E-state index in [2.05, 4.69) is 29.5 Å². The molecule has 1 amide bonds. The highest BCUT2D eigenvalue weighted by Crippen LogP contribution is 2.28. The van der Waals surface area contributed by atoms with Gasteiger partial charge >= 0.3 is 0 Å². The monoisotopic (exact) mass is 313 g/mol. The van der Waals surface area contributed by atoms with E-state index in [4.69, 9.17) is 0 Å². The van der Waals surface area contributed by atoms with Crippen molar-refractivity contribution in [3.8, 4) is 5.69 Å². The Morgan fingerprint density at radius 3 is 2.74 bits per heavy atom. The van der Waals surface area contributed by atoms with E-state index in [0.29, 0.717) is 12.1 Å². The minimum absolute atomic E-state index is 0.0525. The molecule has 5 heteroatoms. The number of aliphatic hydroxyl groups is 1. The Morgan fingerprint density at radius 1 is 1.35 bits per heavy atom. The Morgan fingerprint density at radius 2 is 2.09 bits per heavy atom. The van der Waals surface area contributed by atoms with Gasteiger partial charge in [-0.25, -0.2) is 4.68 Å². The lowest BCUT2D eigenvalue weighted by molar-refractivity contribution is 0.0908. The third kappa shape index (κ3) is 3.01. The fourth-order valence-electron chi connectivity index (χ4n) is 3.05. The molecule has 0 radical (unpaired) electrons. The van der Waals surface area contributed by atoms with Crippen LogP contribution in [-0.2, 0) is 12.8 Å². The summed E-state index contributed by atoms with van der Waals surface area (Å²) in [5.41, 5.74) is 4.88. The highest BCUT2D eigenvalue weighted by Gasteiger charge is 2.27. The Hall–Kier alpha value is -2.14. The fourth-order valence-corrected chi connectivity index (χ4v) is 3.05. The van der Waals surface area contributed by atoms with Gasteiger partial charge < -0.3 is 10.4 Å². The lowest BCUT2D eigenvalue weighted by atomic mass is 10.1. The smallest absolute Gasteiger partial charge is 0.272 e. The van der Waals surface area contributed by atoms with Gasteiger partial charge in [-0.2, -0.15) is 5.10 Å². The SMILES string of the molecule is CCC(CO)NC(=O)c1nn(-c2ccc(C)cc2)c2c1CCC2. The van der Waals surface area contributed by atoms with Gasteiger partial charge in [0.05, 0.1) is 18.3 Å². The van der Waals surface area contributed by atoms with Crippen LogP contribution in [0.1, 0.15) is 47.1 Å². The summed E-state index contributed by atoms with van der Waals surface area (Å²) in [4.78, 5) is 12.5. The third-order valence-corrected chi connectivity index (χ3v) is 4.47. The van der Waals surface area contributed by atoms with Crippen molar-refractivity contribution in [1.29, 1.82) is 0 Å². The van der Waals surface area contributed by atoms with Crippen molar-refractivity contribution in [3.05, 3.63) is 46.8 Å².